The van der Waals surface area contributed by atoms with Crippen molar-refractivity contribution in [2.45, 2.75) is 32.2 Å². The van der Waals surface area contributed by atoms with Crippen LogP contribution in [0.2, 0.25) is 0 Å². The van der Waals surface area contributed by atoms with Gasteiger partial charge in [-0.15, -0.1) is 0 Å². The highest BCUT2D eigenvalue weighted by molar-refractivity contribution is 5.71. The third kappa shape index (κ3) is 3.67. The summed E-state index contributed by atoms with van der Waals surface area (Å²) in [7, 11) is 3.24. The molecule has 1 aromatic heterocycles. The fraction of sp³-hybridized carbons (Fsp3) is 0.474. The Labute approximate surface area is 153 Å². The molecule has 1 aliphatic heterocycles. The van der Waals surface area contributed by atoms with E-state index in [4.69, 9.17) is 15.2 Å². The topological polar surface area (TPSA) is 91.4 Å². The summed E-state index contributed by atoms with van der Waals surface area (Å²) in [6.07, 6.45) is 3.83. The molecule has 2 aromatic rings. The number of nitrogens with two attached hydrogens (primary N) is 1. The van der Waals surface area contributed by atoms with Crippen LogP contribution in [0.4, 0.5) is 5.82 Å². The van der Waals surface area contributed by atoms with E-state index < -0.39 is 0 Å². The third-order valence-corrected chi connectivity index (χ3v) is 4.69. The summed E-state index contributed by atoms with van der Waals surface area (Å²) in [5, 5.41) is 3.26. The molecule has 7 heteroatoms. The van der Waals surface area contributed by atoms with Crippen molar-refractivity contribution < 1.29 is 9.47 Å². The lowest BCUT2D eigenvalue weighted by Gasteiger charge is -2.23. The summed E-state index contributed by atoms with van der Waals surface area (Å²) in [5.41, 5.74) is 8.27. The number of hydrogen-bond donors (Lipinski definition) is 2. The van der Waals surface area contributed by atoms with Crippen molar-refractivity contribution in [1.29, 1.82) is 0 Å². The Balaban J connectivity index is 1.91. The van der Waals surface area contributed by atoms with Crippen molar-refractivity contribution in [3.8, 4) is 22.8 Å². The average Bonchev–Trinajstić information content (AvgIpc) is 2.66. The first-order valence-corrected chi connectivity index (χ1v) is 8.99. The Kier molecular flexibility index (Phi) is 5.78. The number of fused-ring (bicyclic) bond motifs is 3. The van der Waals surface area contributed by atoms with Gasteiger partial charge in [-0.2, -0.15) is 4.98 Å². The van der Waals surface area contributed by atoms with Crippen molar-refractivity contribution in [3.63, 3.8) is 0 Å². The first kappa shape index (κ1) is 18.3. The predicted molar refractivity (Wildman–Crippen MR) is 102 cm³/mol. The zero-order chi connectivity index (χ0) is 18.5. The molecule has 0 bridgehead atoms. The molecule has 3 N–H and O–H groups in total. The highest BCUT2D eigenvalue weighted by atomic mass is 16.5. The van der Waals surface area contributed by atoms with Crippen LogP contribution in [0.3, 0.4) is 0 Å². The zero-order valence-electron chi connectivity index (χ0n) is 15.4. The van der Waals surface area contributed by atoms with Crippen LogP contribution in [0.25, 0.3) is 11.3 Å². The maximum absolute atomic E-state index is 12.4. The highest BCUT2D eigenvalue weighted by Gasteiger charge is 2.21. The number of aromatic nitrogens is 2. The Bertz CT molecular complexity index is 832. The molecule has 26 heavy (non-hydrogen) atoms. The summed E-state index contributed by atoms with van der Waals surface area (Å²) in [6.45, 7) is 2.09. The van der Waals surface area contributed by atoms with E-state index in [1.165, 1.54) is 0 Å². The lowest BCUT2D eigenvalue weighted by Crippen LogP contribution is -2.29. The normalized spacial score (nSPS) is 12.3. The van der Waals surface area contributed by atoms with Crippen LogP contribution in [-0.4, -0.2) is 36.9 Å². The summed E-state index contributed by atoms with van der Waals surface area (Å²) < 4.78 is 12.5. The van der Waals surface area contributed by atoms with Gasteiger partial charge in [0.05, 0.1) is 19.9 Å². The number of aryl methyl sites for hydroxylation is 1. The van der Waals surface area contributed by atoms with Crippen molar-refractivity contribution in [3.05, 3.63) is 34.2 Å². The second kappa shape index (κ2) is 8.23. The minimum absolute atomic E-state index is 0.229. The smallest absolute Gasteiger partial charge is 0.349 e. The Hall–Kier alpha value is -2.54. The van der Waals surface area contributed by atoms with E-state index in [-0.39, 0.29) is 5.69 Å². The van der Waals surface area contributed by atoms with E-state index in [0.29, 0.717) is 30.4 Å². The van der Waals surface area contributed by atoms with Crippen LogP contribution in [-0.2, 0) is 13.0 Å². The molecule has 0 amide bonds. The van der Waals surface area contributed by atoms with Gasteiger partial charge >= 0.3 is 5.69 Å². The largest absolute Gasteiger partial charge is 0.493 e. The first-order chi connectivity index (χ1) is 12.7. The van der Waals surface area contributed by atoms with Crippen LogP contribution in [0.15, 0.2) is 23.0 Å². The highest BCUT2D eigenvalue weighted by Crippen LogP contribution is 2.38. The van der Waals surface area contributed by atoms with Gasteiger partial charge in [-0.05, 0) is 43.5 Å². The van der Waals surface area contributed by atoms with Gasteiger partial charge in [0.25, 0.3) is 0 Å². The third-order valence-electron chi connectivity index (χ3n) is 4.69. The Morgan fingerprint density at radius 2 is 1.92 bits per heavy atom. The molecular weight excluding hydrogens is 332 g/mol. The summed E-state index contributed by atoms with van der Waals surface area (Å²) in [4.78, 5) is 16.6. The van der Waals surface area contributed by atoms with Crippen LogP contribution in [0, 0.1) is 0 Å². The van der Waals surface area contributed by atoms with E-state index in [0.717, 1.165) is 49.0 Å². The molecule has 0 unspecified atom stereocenters. The number of unbranched alkanes of at least 4 members (excludes halogenated alkanes) is 2. The van der Waals surface area contributed by atoms with Gasteiger partial charge in [-0.25, -0.2) is 4.79 Å². The van der Waals surface area contributed by atoms with Gasteiger partial charge in [0.2, 0.25) is 0 Å². The van der Waals surface area contributed by atoms with Gasteiger partial charge in [-0.3, -0.25) is 4.57 Å². The number of hydrogen-bond acceptors (Lipinski definition) is 6. The van der Waals surface area contributed by atoms with Crippen LogP contribution in [0.1, 0.15) is 24.8 Å². The fourth-order valence-electron chi connectivity index (χ4n) is 3.30. The number of nitrogens with zero attached hydrogens (tertiary/aromatic N) is 2. The lowest BCUT2D eigenvalue weighted by atomic mass is 9.97. The van der Waals surface area contributed by atoms with Gasteiger partial charge in [-0.1, -0.05) is 6.42 Å². The SMILES string of the molecule is COc1cc2c(cc1OC)-c1cc(NCCCCCN)nc(=O)n1CC2. The predicted octanol–water partition coefficient (Wildman–Crippen LogP) is 2.02. The van der Waals surface area contributed by atoms with Gasteiger partial charge < -0.3 is 20.5 Å². The van der Waals surface area contributed by atoms with E-state index >= 15 is 0 Å². The molecule has 3 rings (SSSR count). The second-order valence-electron chi connectivity index (χ2n) is 6.35. The Morgan fingerprint density at radius 1 is 1.15 bits per heavy atom. The number of benzene rings is 1. The molecule has 0 saturated carbocycles. The summed E-state index contributed by atoms with van der Waals surface area (Å²) >= 11 is 0. The molecule has 0 fully saturated rings. The molecule has 0 atom stereocenters. The molecule has 2 heterocycles. The minimum atomic E-state index is -0.229. The second-order valence-corrected chi connectivity index (χ2v) is 6.35. The number of ether oxygens (including phenoxy) is 2. The first-order valence-electron chi connectivity index (χ1n) is 8.99. The molecular formula is C19H26N4O3. The molecule has 7 nitrogen and oxygen atoms in total. The number of rotatable bonds is 8. The maximum Gasteiger partial charge on any atom is 0.349 e. The van der Waals surface area contributed by atoms with Crippen molar-refractivity contribution >= 4 is 5.82 Å². The number of nitrogens with one attached hydrogen (secondary N) is 1. The zero-order valence-corrected chi connectivity index (χ0v) is 15.4. The monoisotopic (exact) mass is 358 g/mol. The van der Waals surface area contributed by atoms with Crippen LogP contribution < -0.4 is 26.2 Å². The van der Waals surface area contributed by atoms with Crippen molar-refractivity contribution in [1.82, 2.24) is 9.55 Å². The van der Waals surface area contributed by atoms with Gasteiger partial charge in [0, 0.05) is 24.7 Å². The van der Waals surface area contributed by atoms with Crippen molar-refractivity contribution in [2.75, 3.05) is 32.6 Å². The maximum atomic E-state index is 12.4. The quantitative estimate of drug-likeness (QED) is 0.702. The van der Waals surface area contributed by atoms with E-state index in [1.54, 1.807) is 18.8 Å². The van der Waals surface area contributed by atoms with Crippen LogP contribution in [0.5, 0.6) is 11.5 Å². The van der Waals surface area contributed by atoms with Crippen molar-refractivity contribution in [2.24, 2.45) is 5.73 Å². The van der Waals surface area contributed by atoms with E-state index in [1.807, 2.05) is 18.2 Å². The lowest BCUT2D eigenvalue weighted by molar-refractivity contribution is 0.354. The van der Waals surface area contributed by atoms with Crippen LogP contribution >= 0.6 is 0 Å². The molecule has 1 aromatic carbocycles. The minimum Gasteiger partial charge on any atom is -0.493 e. The molecule has 0 saturated heterocycles. The molecule has 0 aliphatic carbocycles. The molecule has 0 radical (unpaired) electrons. The summed E-state index contributed by atoms with van der Waals surface area (Å²) in [5.74, 6) is 1.96. The molecule has 140 valence electrons. The number of methoxy groups -OCH3 is 2. The Morgan fingerprint density at radius 3 is 2.65 bits per heavy atom. The number of anilines is 1. The standard InChI is InChI=1S/C19H26N4O3/c1-25-16-10-13-6-9-23-15(14(13)11-17(16)26-2)12-18(22-19(23)24)21-8-5-3-4-7-20/h10-12H,3-9,20H2,1-2H3,(H,21,22,24). The fourth-order valence-corrected chi connectivity index (χ4v) is 3.30. The van der Waals surface area contributed by atoms with E-state index in [2.05, 4.69) is 10.3 Å². The van der Waals surface area contributed by atoms with E-state index in [9.17, 15) is 4.79 Å². The van der Waals surface area contributed by atoms with Gasteiger partial charge in [0.1, 0.15) is 5.82 Å². The molecule has 1 aliphatic rings. The summed E-state index contributed by atoms with van der Waals surface area (Å²) in [6, 6.07) is 5.86. The van der Waals surface area contributed by atoms with Gasteiger partial charge in [0.15, 0.2) is 11.5 Å². The average molecular weight is 358 g/mol. The molecule has 0 spiro atoms.